The molecule has 0 unspecified atom stereocenters. The Kier molecular flexibility index (Phi) is 3.86. The smallest absolute Gasteiger partial charge is 0.317 e. The molecule has 1 saturated carbocycles. The molecule has 1 aliphatic carbocycles. The Hall–Kier alpha value is -1.26. The van der Waals surface area contributed by atoms with Crippen molar-refractivity contribution < 1.29 is 9.59 Å². The van der Waals surface area contributed by atoms with Gasteiger partial charge < -0.3 is 15.1 Å². The number of nitrogens with one attached hydrogen (secondary N) is 1. The molecule has 0 bridgehead atoms. The van der Waals surface area contributed by atoms with Crippen molar-refractivity contribution in [1.82, 2.24) is 15.1 Å². The summed E-state index contributed by atoms with van der Waals surface area (Å²) in [4.78, 5) is 26.7. The standard InChI is InChI=1S/C12H21N3O2/c1-10(16)14-6-8-15(9-7-14)12(17)13-11-4-2-3-5-11/h11H,2-9H2,1H3,(H,13,17). The van der Waals surface area contributed by atoms with Gasteiger partial charge in [0, 0.05) is 39.1 Å². The molecule has 0 aromatic carbocycles. The van der Waals surface area contributed by atoms with E-state index in [9.17, 15) is 9.59 Å². The lowest BCUT2D eigenvalue weighted by molar-refractivity contribution is -0.130. The number of piperazine rings is 1. The van der Waals surface area contributed by atoms with Gasteiger partial charge in [-0.2, -0.15) is 0 Å². The van der Waals surface area contributed by atoms with Crippen LogP contribution >= 0.6 is 0 Å². The molecule has 96 valence electrons. The van der Waals surface area contributed by atoms with Gasteiger partial charge in [-0.1, -0.05) is 12.8 Å². The van der Waals surface area contributed by atoms with E-state index in [1.54, 1.807) is 11.8 Å². The van der Waals surface area contributed by atoms with Gasteiger partial charge in [0.1, 0.15) is 0 Å². The van der Waals surface area contributed by atoms with Gasteiger partial charge in [0.15, 0.2) is 0 Å². The molecule has 1 N–H and O–H groups in total. The topological polar surface area (TPSA) is 52.7 Å². The van der Waals surface area contributed by atoms with Crippen molar-refractivity contribution in [2.24, 2.45) is 0 Å². The Bertz CT molecular complexity index is 292. The van der Waals surface area contributed by atoms with Gasteiger partial charge in [0.05, 0.1) is 0 Å². The van der Waals surface area contributed by atoms with Crippen LogP contribution in [-0.2, 0) is 4.79 Å². The quantitative estimate of drug-likeness (QED) is 0.736. The number of rotatable bonds is 1. The average Bonchev–Trinajstić information content (AvgIpc) is 2.82. The van der Waals surface area contributed by atoms with Gasteiger partial charge in [0.2, 0.25) is 5.91 Å². The van der Waals surface area contributed by atoms with E-state index in [0.29, 0.717) is 32.2 Å². The molecule has 1 heterocycles. The number of carbonyl (C=O) groups excluding carboxylic acids is 2. The highest BCUT2D eigenvalue weighted by Crippen LogP contribution is 2.18. The maximum atomic E-state index is 11.9. The van der Waals surface area contributed by atoms with E-state index >= 15 is 0 Å². The molecule has 1 aliphatic heterocycles. The normalized spacial score (nSPS) is 21.7. The summed E-state index contributed by atoms with van der Waals surface area (Å²) >= 11 is 0. The minimum atomic E-state index is 0.0418. The third-order valence-corrected chi connectivity index (χ3v) is 3.69. The highest BCUT2D eigenvalue weighted by molar-refractivity contribution is 5.76. The lowest BCUT2D eigenvalue weighted by atomic mass is 10.2. The zero-order chi connectivity index (χ0) is 12.3. The fourth-order valence-electron chi connectivity index (χ4n) is 2.56. The second-order valence-electron chi connectivity index (χ2n) is 4.92. The van der Waals surface area contributed by atoms with Crippen molar-refractivity contribution in [3.8, 4) is 0 Å². The number of urea groups is 1. The Morgan fingerprint density at radius 1 is 1.00 bits per heavy atom. The van der Waals surface area contributed by atoms with E-state index < -0.39 is 0 Å². The first kappa shape index (κ1) is 12.2. The van der Waals surface area contributed by atoms with E-state index in [4.69, 9.17) is 0 Å². The van der Waals surface area contributed by atoms with E-state index in [2.05, 4.69) is 5.32 Å². The number of nitrogens with zero attached hydrogens (tertiary/aromatic N) is 2. The molecule has 0 aromatic rings. The summed E-state index contributed by atoms with van der Waals surface area (Å²) in [5, 5.41) is 3.08. The Morgan fingerprint density at radius 2 is 1.53 bits per heavy atom. The molecule has 0 spiro atoms. The Balaban J connectivity index is 1.75. The largest absolute Gasteiger partial charge is 0.339 e. The van der Waals surface area contributed by atoms with Crippen LogP contribution in [0.3, 0.4) is 0 Å². The van der Waals surface area contributed by atoms with Gasteiger partial charge >= 0.3 is 6.03 Å². The summed E-state index contributed by atoms with van der Waals surface area (Å²) in [6, 6.07) is 0.411. The summed E-state index contributed by atoms with van der Waals surface area (Å²) in [5.74, 6) is 0.0980. The molecule has 17 heavy (non-hydrogen) atoms. The molecule has 0 atom stereocenters. The summed E-state index contributed by atoms with van der Waals surface area (Å²) in [6.45, 7) is 4.20. The molecule has 2 aliphatic rings. The molecule has 5 nitrogen and oxygen atoms in total. The van der Waals surface area contributed by atoms with Crippen LogP contribution in [0.1, 0.15) is 32.6 Å². The zero-order valence-corrected chi connectivity index (χ0v) is 10.4. The van der Waals surface area contributed by atoms with Crippen LogP contribution in [-0.4, -0.2) is 54.0 Å². The van der Waals surface area contributed by atoms with Gasteiger partial charge in [-0.05, 0) is 12.8 Å². The average molecular weight is 239 g/mol. The second-order valence-corrected chi connectivity index (χ2v) is 4.92. The Labute approximate surface area is 102 Å². The van der Waals surface area contributed by atoms with Crippen molar-refractivity contribution >= 4 is 11.9 Å². The van der Waals surface area contributed by atoms with Crippen LogP contribution in [0.4, 0.5) is 4.79 Å². The van der Waals surface area contributed by atoms with Crippen LogP contribution < -0.4 is 5.32 Å². The van der Waals surface area contributed by atoms with Crippen molar-refractivity contribution in [3.05, 3.63) is 0 Å². The van der Waals surface area contributed by atoms with Gasteiger partial charge in [-0.15, -0.1) is 0 Å². The molecule has 1 saturated heterocycles. The van der Waals surface area contributed by atoms with Crippen molar-refractivity contribution in [2.45, 2.75) is 38.6 Å². The predicted molar refractivity (Wildman–Crippen MR) is 64.6 cm³/mol. The maximum Gasteiger partial charge on any atom is 0.317 e. The third kappa shape index (κ3) is 3.11. The van der Waals surface area contributed by atoms with Crippen LogP contribution in [0.5, 0.6) is 0 Å². The molecule has 2 rings (SSSR count). The van der Waals surface area contributed by atoms with Gasteiger partial charge in [-0.25, -0.2) is 4.79 Å². The van der Waals surface area contributed by atoms with E-state index in [1.807, 2.05) is 4.90 Å². The third-order valence-electron chi connectivity index (χ3n) is 3.69. The molecule has 5 heteroatoms. The van der Waals surface area contributed by atoms with E-state index in [-0.39, 0.29) is 11.9 Å². The molecular formula is C12H21N3O2. The molecule has 0 radical (unpaired) electrons. The minimum Gasteiger partial charge on any atom is -0.339 e. The van der Waals surface area contributed by atoms with Gasteiger partial charge in [0.25, 0.3) is 0 Å². The predicted octanol–water partition coefficient (Wildman–Crippen LogP) is 0.803. The molecule has 2 fully saturated rings. The van der Waals surface area contributed by atoms with Crippen LogP contribution in [0.25, 0.3) is 0 Å². The number of hydrogen-bond donors (Lipinski definition) is 1. The van der Waals surface area contributed by atoms with Crippen molar-refractivity contribution in [2.75, 3.05) is 26.2 Å². The van der Waals surface area contributed by atoms with Crippen LogP contribution in [0, 0.1) is 0 Å². The van der Waals surface area contributed by atoms with Gasteiger partial charge in [-0.3, -0.25) is 4.79 Å². The highest BCUT2D eigenvalue weighted by Gasteiger charge is 2.24. The van der Waals surface area contributed by atoms with E-state index in [1.165, 1.54) is 12.8 Å². The first-order chi connectivity index (χ1) is 8.16. The number of carbonyl (C=O) groups is 2. The first-order valence-corrected chi connectivity index (χ1v) is 6.48. The summed E-state index contributed by atoms with van der Waals surface area (Å²) in [7, 11) is 0. The van der Waals surface area contributed by atoms with E-state index in [0.717, 1.165) is 12.8 Å². The van der Waals surface area contributed by atoms with Crippen LogP contribution in [0.15, 0.2) is 0 Å². The number of hydrogen-bond acceptors (Lipinski definition) is 2. The minimum absolute atomic E-state index is 0.0418. The fourth-order valence-corrected chi connectivity index (χ4v) is 2.56. The lowest BCUT2D eigenvalue weighted by Gasteiger charge is -2.34. The lowest BCUT2D eigenvalue weighted by Crippen LogP contribution is -2.54. The summed E-state index contributed by atoms with van der Waals surface area (Å²) in [6.07, 6.45) is 4.67. The maximum absolute atomic E-state index is 11.9. The molecule has 0 aromatic heterocycles. The Morgan fingerprint density at radius 3 is 2.06 bits per heavy atom. The monoisotopic (exact) mass is 239 g/mol. The zero-order valence-electron chi connectivity index (χ0n) is 10.4. The molecule has 3 amide bonds. The first-order valence-electron chi connectivity index (χ1n) is 6.48. The molecular weight excluding hydrogens is 218 g/mol. The SMILES string of the molecule is CC(=O)N1CCN(C(=O)NC2CCCC2)CC1. The highest BCUT2D eigenvalue weighted by atomic mass is 16.2. The van der Waals surface area contributed by atoms with Crippen LogP contribution in [0.2, 0.25) is 0 Å². The summed E-state index contributed by atoms with van der Waals surface area (Å²) < 4.78 is 0. The second kappa shape index (κ2) is 5.38. The van der Waals surface area contributed by atoms with Crippen molar-refractivity contribution in [3.63, 3.8) is 0 Å². The summed E-state index contributed by atoms with van der Waals surface area (Å²) in [5.41, 5.74) is 0. The number of amides is 3. The fraction of sp³-hybridized carbons (Fsp3) is 0.833. The van der Waals surface area contributed by atoms with Crippen molar-refractivity contribution in [1.29, 1.82) is 0 Å².